The van der Waals surface area contributed by atoms with Gasteiger partial charge in [0.2, 0.25) is 5.91 Å². The molecule has 1 saturated carbocycles. The van der Waals surface area contributed by atoms with Gasteiger partial charge in [0.25, 0.3) is 0 Å². The zero-order valence-electron chi connectivity index (χ0n) is 16.3. The number of nitrogens with one attached hydrogen (secondary N) is 1. The van der Waals surface area contributed by atoms with Crippen molar-refractivity contribution in [3.05, 3.63) is 29.8 Å². The van der Waals surface area contributed by atoms with Crippen molar-refractivity contribution >= 4 is 23.6 Å². The predicted molar refractivity (Wildman–Crippen MR) is 100 cm³/mol. The molecule has 0 radical (unpaired) electrons. The molecule has 8 nitrogen and oxygen atoms in total. The van der Waals surface area contributed by atoms with Gasteiger partial charge < -0.3 is 20.5 Å². The Bertz CT molecular complexity index is 760. The Morgan fingerprint density at radius 3 is 2.39 bits per heavy atom. The molecule has 0 heterocycles. The summed E-state index contributed by atoms with van der Waals surface area (Å²) in [5.41, 5.74) is 5.62. The minimum atomic E-state index is -1.37. The van der Waals surface area contributed by atoms with Crippen LogP contribution in [0.15, 0.2) is 24.3 Å². The molecule has 0 aliphatic heterocycles. The second-order valence-corrected chi connectivity index (χ2v) is 7.07. The van der Waals surface area contributed by atoms with Crippen LogP contribution in [0.4, 0.5) is 0 Å². The molecule has 1 aromatic rings. The summed E-state index contributed by atoms with van der Waals surface area (Å²) in [4.78, 5) is 48.0. The Morgan fingerprint density at radius 1 is 1.21 bits per heavy atom. The number of rotatable bonds is 7. The number of benzene rings is 1. The van der Waals surface area contributed by atoms with E-state index in [1.165, 1.54) is 21.0 Å². The highest BCUT2D eigenvalue weighted by Crippen LogP contribution is 2.36. The maximum Gasteiger partial charge on any atom is 0.326 e. The second-order valence-electron chi connectivity index (χ2n) is 7.07. The number of carbonyl (C=O) groups excluding carboxylic acids is 4. The number of ketones is 1. The van der Waals surface area contributed by atoms with E-state index >= 15 is 0 Å². The van der Waals surface area contributed by atoms with Crippen molar-refractivity contribution < 1.29 is 28.7 Å². The number of Topliss-reactive ketones (excluding diaryl/α,β-unsaturated/α-hetero) is 1. The van der Waals surface area contributed by atoms with Crippen LogP contribution in [-0.2, 0) is 30.3 Å². The standard InChI is InChI=1S/C20H26N2O6/c1-12(23)22-17(11-14-6-8-15(9-7-14)28-13(2)24)18(25)16-5-4-10-20(16,21)19(26)27-3/h6-9,16-17H,4-5,10-11,21H2,1-3H3,(H,22,23)/t16?,17-,20?/m0/s1. The number of methoxy groups -OCH3 is 1. The van der Waals surface area contributed by atoms with Gasteiger partial charge in [-0.2, -0.15) is 0 Å². The van der Waals surface area contributed by atoms with E-state index in [9.17, 15) is 19.2 Å². The van der Waals surface area contributed by atoms with Gasteiger partial charge >= 0.3 is 11.9 Å². The van der Waals surface area contributed by atoms with E-state index in [1.54, 1.807) is 24.3 Å². The highest BCUT2D eigenvalue weighted by Gasteiger charge is 2.51. The summed E-state index contributed by atoms with van der Waals surface area (Å²) in [6, 6.07) is 5.83. The third-order valence-electron chi connectivity index (χ3n) is 4.96. The van der Waals surface area contributed by atoms with E-state index in [1.807, 2.05) is 0 Å². The van der Waals surface area contributed by atoms with Gasteiger partial charge in [0, 0.05) is 19.8 Å². The monoisotopic (exact) mass is 390 g/mol. The fourth-order valence-corrected chi connectivity index (χ4v) is 3.67. The highest BCUT2D eigenvalue weighted by molar-refractivity contribution is 5.96. The molecule has 1 aliphatic carbocycles. The van der Waals surface area contributed by atoms with Gasteiger partial charge in [-0.1, -0.05) is 18.6 Å². The summed E-state index contributed by atoms with van der Waals surface area (Å²) in [6.07, 6.45) is 1.68. The third-order valence-corrected chi connectivity index (χ3v) is 4.96. The molecule has 1 aliphatic rings. The molecule has 8 heteroatoms. The largest absolute Gasteiger partial charge is 0.468 e. The molecule has 2 unspecified atom stereocenters. The lowest BCUT2D eigenvalue weighted by molar-refractivity contribution is -0.151. The summed E-state index contributed by atoms with van der Waals surface area (Å²) >= 11 is 0. The van der Waals surface area contributed by atoms with Crippen LogP contribution in [0.2, 0.25) is 0 Å². The molecular weight excluding hydrogens is 364 g/mol. The Morgan fingerprint density at radius 2 is 1.86 bits per heavy atom. The lowest BCUT2D eigenvalue weighted by Crippen LogP contribution is -2.57. The minimum absolute atomic E-state index is 0.229. The Labute approximate surface area is 163 Å². The topological polar surface area (TPSA) is 125 Å². The molecule has 0 saturated heterocycles. The van der Waals surface area contributed by atoms with Crippen LogP contribution in [-0.4, -0.2) is 42.3 Å². The van der Waals surface area contributed by atoms with Gasteiger partial charge in [-0.25, -0.2) is 0 Å². The minimum Gasteiger partial charge on any atom is -0.468 e. The molecule has 1 amide bonds. The molecule has 1 fully saturated rings. The van der Waals surface area contributed by atoms with Crippen molar-refractivity contribution in [3.8, 4) is 5.75 Å². The molecule has 0 bridgehead atoms. The van der Waals surface area contributed by atoms with Gasteiger partial charge in [0.05, 0.1) is 13.2 Å². The molecule has 0 spiro atoms. The van der Waals surface area contributed by atoms with Crippen molar-refractivity contribution in [2.75, 3.05) is 7.11 Å². The first-order chi connectivity index (χ1) is 13.2. The summed E-state index contributed by atoms with van der Waals surface area (Å²) in [5.74, 6) is -2.02. The van der Waals surface area contributed by atoms with Gasteiger partial charge in [-0.3, -0.25) is 19.2 Å². The fraction of sp³-hybridized carbons (Fsp3) is 0.500. The van der Waals surface area contributed by atoms with Gasteiger partial charge in [0.1, 0.15) is 11.3 Å². The SMILES string of the molecule is COC(=O)C1(N)CCCC1C(=O)[C@H](Cc1ccc(OC(C)=O)cc1)NC(C)=O. The zero-order valence-corrected chi connectivity index (χ0v) is 16.3. The number of esters is 2. The Hall–Kier alpha value is -2.74. The Balaban J connectivity index is 2.20. The Kier molecular flexibility index (Phi) is 6.90. The molecule has 1 aromatic carbocycles. The smallest absolute Gasteiger partial charge is 0.326 e. The van der Waals surface area contributed by atoms with Crippen molar-refractivity contribution in [2.45, 2.75) is 51.1 Å². The van der Waals surface area contributed by atoms with Gasteiger partial charge in [-0.05, 0) is 37.0 Å². The summed E-state index contributed by atoms with van der Waals surface area (Å²) in [6.45, 7) is 2.64. The lowest BCUT2D eigenvalue weighted by atomic mass is 9.81. The molecule has 0 aromatic heterocycles. The number of hydrogen-bond acceptors (Lipinski definition) is 7. The van der Waals surface area contributed by atoms with E-state index in [0.29, 0.717) is 25.0 Å². The highest BCUT2D eigenvalue weighted by atomic mass is 16.5. The first-order valence-corrected chi connectivity index (χ1v) is 9.13. The third kappa shape index (κ3) is 4.95. The van der Waals surface area contributed by atoms with Crippen LogP contribution in [0.1, 0.15) is 38.7 Å². The maximum absolute atomic E-state index is 13.2. The van der Waals surface area contributed by atoms with Crippen LogP contribution in [0, 0.1) is 5.92 Å². The van der Waals surface area contributed by atoms with E-state index in [0.717, 1.165) is 5.56 Å². The zero-order chi connectivity index (χ0) is 20.9. The lowest BCUT2D eigenvalue weighted by Gasteiger charge is -2.30. The van der Waals surface area contributed by atoms with Crippen molar-refractivity contribution in [1.29, 1.82) is 0 Å². The van der Waals surface area contributed by atoms with Gasteiger partial charge in [0.15, 0.2) is 5.78 Å². The first kappa shape index (κ1) is 21.6. The second kappa shape index (κ2) is 8.97. The van der Waals surface area contributed by atoms with Crippen LogP contribution >= 0.6 is 0 Å². The fourth-order valence-electron chi connectivity index (χ4n) is 3.67. The number of hydrogen-bond donors (Lipinski definition) is 2. The molecule has 28 heavy (non-hydrogen) atoms. The summed E-state index contributed by atoms with van der Waals surface area (Å²) in [7, 11) is 1.24. The molecule has 2 rings (SSSR count). The molecular formula is C20H26N2O6. The average Bonchev–Trinajstić information content (AvgIpc) is 3.03. The predicted octanol–water partition coefficient (Wildman–Crippen LogP) is 0.899. The maximum atomic E-state index is 13.2. The molecule has 152 valence electrons. The van der Waals surface area contributed by atoms with E-state index in [4.69, 9.17) is 15.2 Å². The van der Waals surface area contributed by atoms with E-state index in [-0.39, 0.29) is 18.1 Å². The summed E-state index contributed by atoms with van der Waals surface area (Å²) in [5, 5.41) is 2.67. The summed E-state index contributed by atoms with van der Waals surface area (Å²) < 4.78 is 9.79. The van der Waals surface area contributed by atoms with Crippen molar-refractivity contribution in [1.82, 2.24) is 5.32 Å². The first-order valence-electron chi connectivity index (χ1n) is 9.13. The normalized spacial score (nSPS) is 22.2. The van der Waals surface area contributed by atoms with Crippen LogP contribution in [0.25, 0.3) is 0 Å². The van der Waals surface area contributed by atoms with Crippen molar-refractivity contribution in [3.63, 3.8) is 0 Å². The molecule has 3 atom stereocenters. The van der Waals surface area contributed by atoms with Gasteiger partial charge in [-0.15, -0.1) is 0 Å². The quantitative estimate of drug-likeness (QED) is 0.523. The van der Waals surface area contributed by atoms with E-state index in [2.05, 4.69) is 5.32 Å². The van der Waals surface area contributed by atoms with Crippen LogP contribution in [0.5, 0.6) is 5.75 Å². The van der Waals surface area contributed by atoms with Crippen LogP contribution in [0.3, 0.4) is 0 Å². The number of ether oxygens (including phenoxy) is 2. The number of nitrogens with two attached hydrogens (primary N) is 1. The van der Waals surface area contributed by atoms with E-state index < -0.39 is 29.4 Å². The van der Waals surface area contributed by atoms with Crippen LogP contribution < -0.4 is 15.8 Å². The molecule has 3 N–H and O–H groups in total. The van der Waals surface area contributed by atoms with Crippen molar-refractivity contribution in [2.24, 2.45) is 11.7 Å². The number of carbonyl (C=O) groups is 4. The number of amides is 1. The average molecular weight is 390 g/mol.